The smallest absolute Gasteiger partial charge is 0.191 e. The summed E-state index contributed by atoms with van der Waals surface area (Å²) in [7, 11) is -1.66. The van der Waals surface area contributed by atoms with Gasteiger partial charge in [0.1, 0.15) is 5.75 Å². The number of hydrogen-bond donors (Lipinski definition) is 0. The zero-order chi connectivity index (χ0) is 20.2. The highest BCUT2D eigenvalue weighted by Crippen LogP contribution is 2.36. The van der Waals surface area contributed by atoms with Gasteiger partial charge in [0.25, 0.3) is 0 Å². The van der Waals surface area contributed by atoms with Gasteiger partial charge >= 0.3 is 0 Å². The predicted octanol–water partition coefficient (Wildman–Crippen LogP) is 7.07. The lowest BCUT2D eigenvalue weighted by molar-refractivity contribution is 0.233. The Morgan fingerprint density at radius 2 is 1.44 bits per heavy atom. The number of aryl methyl sites for hydroxylation is 3. The van der Waals surface area contributed by atoms with Crippen molar-refractivity contribution in [2.45, 2.75) is 66.1 Å². The summed E-state index contributed by atoms with van der Waals surface area (Å²) in [5.41, 5.74) is 6.46. The lowest BCUT2D eigenvalue weighted by Crippen LogP contribution is -2.41. The van der Waals surface area contributed by atoms with Gasteiger partial charge in [0, 0.05) is 13.0 Å². The predicted molar refractivity (Wildman–Crippen MR) is 119 cm³/mol. The molecule has 0 aromatic heterocycles. The maximum Gasteiger partial charge on any atom is 0.191 e. The molecule has 0 radical (unpaired) electrons. The summed E-state index contributed by atoms with van der Waals surface area (Å²) in [6, 6.07) is 12.9. The molecule has 0 bridgehead atoms. The molecule has 2 aromatic rings. The van der Waals surface area contributed by atoms with E-state index in [1.807, 2.05) is 0 Å². The summed E-state index contributed by atoms with van der Waals surface area (Å²) in [5.74, 6) is 0.953. The molecule has 2 aromatic carbocycles. The van der Waals surface area contributed by atoms with Gasteiger partial charge in [0.15, 0.2) is 8.32 Å². The second-order valence-corrected chi connectivity index (χ2v) is 13.9. The van der Waals surface area contributed by atoms with Crippen LogP contribution in [0.1, 0.15) is 43.9 Å². The monoisotopic (exact) mass is 384 g/mol. The highest BCUT2D eigenvalue weighted by molar-refractivity contribution is 6.74. The molecule has 0 unspecified atom stereocenters. The lowest BCUT2D eigenvalue weighted by atomic mass is 9.92. The van der Waals surface area contributed by atoms with Crippen molar-refractivity contribution in [1.82, 2.24) is 0 Å². The Hall–Kier alpha value is -1.58. The average Bonchev–Trinajstić information content (AvgIpc) is 2.54. The summed E-state index contributed by atoms with van der Waals surface area (Å²) in [4.78, 5) is 0. The minimum Gasteiger partial charge on any atom is -0.493 e. The molecular formula is C24H36O2Si. The zero-order valence-electron chi connectivity index (χ0n) is 18.4. The van der Waals surface area contributed by atoms with E-state index >= 15 is 0 Å². The standard InChI is InChI=1S/C24H36O2Si/c1-18-12-9-10-13-22(18)23-19(2)16-21(17-20(23)3)25-14-11-15-26-27(7,8)24(4,5)6/h9-10,12-13,16-17H,11,14-15H2,1-8H3. The molecule has 0 fully saturated rings. The van der Waals surface area contributed by atoms with Gasteiger partial charge in [-0.15, -0.1) is 0 Å². The van der Waals surface area contributed by atoms with E-state index < -0.39 is 8.32 Å². The van der Waals surface area contributed by atoms with Gasteiger partial charge < -0.3 is 9.16 Å². The van der Waals surface area contributed by atoms with Gasteiger partial charge in [-0.1, -0.05) is 45.0 Å². The molecule has 0 aliphatic carbocycles. The maximum atomic E-state index is 6.23. The molecule has 0 aliphatic rings. The van der Waals surface area contributed by atoms with Crippen LogP contribution in [0.5, 0.6) is 5.75 Å². The molecule has 2 nitrogen and oxygen atoms in total. The van der Waals surface area contributed by atoms with E-state index in [9.17, 15) is 0 Å². The molecule has 27 heavy (non-hydrogen) atoms. The van der Waals surface area contributed by atoms with Crippen LogP contribution in [0.25, 0.3) is 11.1 Å². The van der Waals surface area contributed by atoms with Crippen LogP contribution < -0.4 is 4.74 Å². The fraction of sp³-hybridized carbons (Fsp3) is 0.500. The molecule has 2 rings (SSSR count). The molecule has 3 heteroatoms. The number of ether oxygens (including phenoxy) is 1. The number of hydrogen-bond acceptors (Lipinski definition) is 2. The van der Waals surface area contributed by atoms with E-state index in [2.05, 4.69) is 91.0 Å². The van der Waals surface area contributed by atoms with Crippen molar-refractivity contribution in [1.29, 1.82) is 0 Å². The summed E-state index contributed by atoms with van der Waals surface area (Å²) in [6.45, 7) is 19.4. The number of benzene rings is 2. The van der Waals surface area contributed by atoms with Gasteiger partial charge in [0.05, 0.1) is 6.61 Å². The maximum absolute atomic E-state index is 6.23. The van der Waals surface area contributed by atoms with Crippen LogP contribution >= 0.6 is 0 Å². The molecule has 0 atom stereocenters. The van der Waals surface area contributed by atoms with Crippen LogP contribution in [0.4, 0.5) is 0 Å². The highest BCUT2D eigenvalue weighted by Gasteiger charge is 2.36. The van der Waals surface area contributed by atoms with Crippen LogP contribution in [0.3, 0.4) is 0 Å². The van der Waals surface area contributed by atoms with Gasteiger partial charge in [-0.05, 0) is 78.9 Å². The van der Waals surface area contributed by atoms with E-state index in [4.69, 9.17) is 9.16 Å². The van der Waals surface area contributed by atoms with E-state index in [-0.39, 0.29) is 5.04 Å². The Bertz CT molecular complexity index is 749. The SMILES string of the molecule is Cc1ccccc1-c1c(C)cc(OCCCO[Si](C)(C)C(C)(C)C)cc1C. The van der Waals surface area contributed by atoms with Gasteiger partial charge in [-0.2, -0.15) is 0 Å². The fourth-order valence-corrected chi connectivity index (χ4v) is 4.17. The summed E-state index contributed by atoms with van der Waals surface area (Å²) in [5, 5.41) is 0.257. The van der Waals surface area contributed by atoms with Crippen LogP contribution in [-0.4, -0.2) is 21.5 Å². The molecule has 0 saturated heterocycles. The fourth-order valence-electron chi connectivity index (χ4n) is 3.08. The molecule has 0 N–H and O–H groups in total. The van der Waals surface area contributed by atoms with Crippen molar-refractivity contribution in [3.63, 3.8) is 0 Å². The van der Waals surface area contributed by atoms with E-state index in [1.54, 1.807) is 0 Å². The molecule has 148 valence electrons. The van der Waals surface area contributed by atoms with E-state index in [1.165, 1.54) is 27.8 Å². The average molecular weight is 385 g/mol. The van der Waals surface area contributed by atoms with Crippen LogP contribution in [0.15, 0.2) is 36.4 Å². The van der Waals surface area contributed by atoms with E-state index in [0.717, 1.165) is 18.8 Å². The zero-order valence-corrected chi connectivity index (χ0v) is 19.4. The Labute approximate surface area is 167 Å². The van der Waals surface area contributed by atoms with Gasteiger partial charge in [-0.25, -0.2) is 0 Å². The Morgan fingerprint density at radius 3 is 2.00 bits per heavy atom. The minimum atomic E-state index is -1.66. The van der Waals surface area contributed by atoms with Crippen molar-refractivity contribution in [2.75, 3.05) is 13.2 Å². The van der Waals surface area contributed by atoms with E-state index in [0.29, 0.717) is 6.61 Å². The Morgan fingerprint density at radius 1 is 0.852 bits per heavy atom. The van der Waals surface area contributed by atoms with Gasteiger partial charge in [-0.3, -0.25) is 0 Å². The van der Waals surface area contributed by atoms with Crippen molar-refractivity contribution < 1.29 is 9.16 Å². The van der Waals surface area contributed by atoms with Crippen molar-refractivity contribution >= 4 is 8.32 Å². The highest BCUT2D eigenvalue weighted by atomic mass is 28.4. The minimum absolute atomic E-state index is 0.257. The summed E-state index contributed by atoms with van der Waals surface area (Å²) < 4.78 is 12.3. The quantitative estimate of drug-likeness (QED) is 0.375. The third-order valence-corrected chi connectivity index (χ3v) is 10.3. The van der Waals surface area contributed by atoms with Gasteiger partial charge in [0.2, 0.25) is 0 Å². The van der Waals surface area contributed by atoms with Crippen molar-refractivity contribution in [3.8, 4) is 16.9 Å². The Kier molecular flexibility index (Phi) is 6.93. The van der Waals surface area contributed by atoms with Crippen molar-refractivity contribution in [2.24, 2.45) is 0 Å². The number of rotatable bonds is 7. The molecule has 0 aliphatic heterocycles. The molecule has 0 amide bonds. The molecular weight excluding hydrogens is 348 g/mol. The molecule has 0 heterocycles. The molecule has 0 spiro atoms. The van der Waals surface area contributed by atoms with Crippen LogP contribution in [0, 0.1) is 20.8 Å². The second-order valence-electron chi connectivity index (χ2n) is 9.06. The third kappa shape index (κ3) is 5.46. The molecule has 0 saturated carbocycles. The third-order valence-electron chi connectivity index (χ3n) is 5.75. The topological polar surface area (TPSA) is 18.5 Å². The second kappa shape index (κ2) is 8.62. The summed E-state index contributed by atoms with van der Waals surface area (Å²) in [6.07, 6.45) is 0.921. The summed E-state index contributed by atoms with van der Waals surface area (Å²) >= 11 is 0. The first-order chi connectivity index (χ1) is 12.5. The first kappa shape index (κ1) is 21.7. The van der Waals surface area contributed by atoms with Crippen LogP contribution in [0.2, 0.25) is 18.1 Å². The first-order valence-corrected chi connectivity index (χ1v) is 12.9. The van der Waals surface area contributed by atoms with Crippen LogP contribution in [-0.2, 0) is 4.43 Å². The normalized spacial score (nSPS) is 12.3. The largest absolute Gasteiger partial charge is 0.493 e. The lowest BCUT2D eigenvalue weighted by Gasteiger charge is -2.36. The first-order valence-electron chi connectivity index (χ1n) is 9.97. The Balaban J connectivity index is 1.97. The van der Waals surface area contributed by atoms with Crippen molar-refractivity contribution in [3.05, 3.63) is 53.1 Å².